The largest absolute Gasteiger partial charge is 0.488 e. The lowest BCUT2D eigenvalue weighted by atomic mass is 10.0. The minimum absolute atomic E-state index is 0.0217. The highest BCUT2D eigenvalue weighted by atomic mass is 35.5. The first kappa shape index (κ1) is 29.2. The number of anilines is 1. The van der Waals surface area contributed by atoms with E-state index in [1.54, 1.807) is 17.9 Å². The molecule has 3 rings (SSSR count). The van der Waals surface area contributed by atoms with Crippen LogP contribution >= 0.6 is 11.6 Å². The van der Waals surface area contributed by atoms with Crippen LogP contribution in [0.1, 0.15) is 19.4 Å². The maximum atomic E-state index is 13.3. The first-order valence-electron chi connectivity index (χ1n) is 11.6. The first-order chi connectivity index (χ1) is 17.2. The van der Waals surface area contributed by atoms with E-state index in [9.17, 15) is 26.7 Å². The van der Waals surface area contributed by atoms with E-state index in [4.69, 9.17) is 16.3 Å². The summed E-state index contributed by atoms with van der Waals surface area (Å²) >= 11 is 5.86. The summed E-state index contributed by atoms with van der Waals surface area (Å²) in [5.74, 6) is -0.204. The van der Waals surface area contributed by atoms with Gasteiger partial charge < -0.3 is 14.7 Å². The minimum Gasteiger partial charge on any atom is -0.488 e. The number of likely N-dealkylation sites (N-methyl/N-ethyl adjacent to an activating group) is 1. The van der Waals surface area contributed by atoms with Crippen molar-refractivity contribution >= 4 is 43.2 Å². The average molecular weight is 574 g/mol. The van der Waals surface area contributed by atoms with Crippen molar-refractivity contribution in [3.8, 4) is 5.75 Å². The van der Waals surface area contributed by atoms with Crippen LogP contribution in [0.25, 0.3) is 0 Å². The van der Waals surface area contributed by atoms with Crippen LogP contribution in [0.5, 0.6) is 5.75 Å². The van der Waals surface area contributed by atoms with E-state index in [0.717, 1.165) is 6.26 Å². The molecule has 0 saturated carbocycles. The van der Waals surface area contributed by atoms with Gasteiger partial charge in [0, 0.05) is 35.8 Å². The highest BCUT2D eigenvalue weighted by molar-refractivity contribution is 7.92. The lowest BCUT2D eigenvalue weighted by Crippen LogP contribution is -2.48. The molecule has 2 aromatic rings. The number of hydrogen-bond donors (Lipinski definition) is 2. The van der Waals surface area contributed by atoms with E-state index >= 15 is 0 Å². The molecule has 0 spiro atoms. The molecule has 1 aliphatic heterocycles. The molecule has 0 unspecified atom stereocenters. The molecule has 204 valence electrons. The lowest BCUT2D eigenvalue weighted by Gasteiger charge is -2.33. The molecule has 1 aliphatic rings. The van der Waals surface area contributed by atoms with Crippen LogP contribution in [0.15, 0.2) is 47.4 Å². The summed E-state index contributed by atoms with van der Waals surface area (Å²) in [5, 5.41) is 10.1. The number of ether oxygens (including phenoxy) is 1. The Morgan fingerprint density at radius 1 is 1.19 bits per heavy atom. The molecule has 37 heavy (non-hydrogen) atoms. The smallest absolute Gasteiger partial charge is 0.261 e. The number of amides is 1. The van der Waals surface area contributed by atoms with Gasteiger partial charge in [-0.2, -0.15) is 0 Å². The molecular formula is C24H32ClN3O7S2. The number of halogens is 1. The van der Waals surface area contributed by atoms with E-state index in [0.29, 0.717) is 16.3 Å². The Hall–Kier alpha value is -2.38. The first-order valence-corrected chi connectivity index (χ1v) is 15.3. The summed E-state index contributed by atoms with van der Waals surface area (Å²) in [6.07, 6.45) is 0.385. The van der Waals surface area contributed by atoms with Crippen molar-refractivity contribution in [2.24, 2.45) is 5.92 Å². The second kappa shape index (κ2) is 11.6. The highest BCUT2D eigenvalue weighted by Gasteiger charge is 2.32. The Morgan fingerprint density at radius 2 is 1.84 bits per heavy atom. The van der Waals surface area contributed by atoms with Gasteiger partial charge in [-0.05, 0) is 49.4 Å². The molecule has 0 radical (unpaired) electrons. The number of benzene rings is 2. The van der Waals surface area contributed by atoms with Gasteiger partial charge in [0.25, 0.3) is 10.0 Å². The van der Waals surface area contributed by atoms with E-state index < -0.39 is 32.2 Å². The molecule has 0 fully saturated rings. The standard InChI is InChI=1S/C24H32ClN3O7S2/c1-16-13-28(17(2)15-29)24(30)12-18-11-20(26-37(33,34)21-8-5-19(25)6-9-21)7-10-22(18)35-23(16)14-27(3)36(4,31)32/h5-11,16-17,23,26,29H,12-15H2,1-4H3/t16-,17-,23+/m1/s1. The SMILES string of the molecule is C[C@@H]1CN([C@H](C)CO)C(=O)Cc2cc(NS(=O)(=O)c3ccc(Cl)cc3)ccc2O[C@H]1CN(C)S(C)(=O)=O. The predicted molar refractivity (Wildman–Crippen MR) is 142 cm³/mol. The molecule has 0 bridgehead atoms. The van der Waals surface area contributed by atoms with Gasteiger partial charge >= 0.3 is 0 Å². The molecule has 0 aromatic heterocycles. The zero-order valence-corrected chi connectivity index (χ0v) is 23.5. The quantitative estimate of drug-likeness (QED) is 0.494. The maximum Gasteiger partial charge on any atom is 0.261 e. The fourth-order valence-corrected chi connectivity index (χ4v) is 5.52. The summed E-state index contributed by atoms with van der Waals surface area (Å²) in [7, 11) is -5.96. The van der Waals surface area contributed by atoms with Gasteiger partial charge in [0.2, 0.25) is 15.9 Å². The normalized spacial score (nSPS) is 19.9. The predicted octanol–water partition coefficient (Wildman–Crippen LogP) is 2.18. The fraction of sp³-hybridized carbons (Fsp3) is 0.458. The van der Waals surface area contributed by atoms with Gasteiger partial charge in [-0.1, -0.05) is 18.5 Å². The minimum atomic E-state index is -3.92. The molecule has 1 heterocycles. The van der Waals surface area contributed by atoms with Gasteiger partial charge in [0.15, 0.2) is 0 Å². The number of carbonyl (C=O) groups is 1. The number of aliphatic hydroxyl groups is 1. The molecule has 3 atom stereocenters. The molecule has 2 aromatic carbocycles. The Kier molecular flexibility index (Phi) is 9.12. The number of hydrogen-bond acceptors (Lipinski definition) is 7. The highest BCUT2D eigenvalue weighted by Crippen LogP contribution is 2.30. The molecule has 13 heteroatoms. The summed E-state index contributed by atoms with van der Waals surface area (Å²) in [6.45, 7) is 3.61. The van der Waals surface area contributed by atoms with Crippen molar-refractivity contribution in [3.05, 3.63) is 53.1 Å². The Bertz CT molecular complexity index is 1330. The molecule has 1 amide bonds. The maximum absolute atomic E-state index is 13.3. The monoisotopic (exact) mass is 573 g/mol. The summed E-state index contributed by atoms with van der Waals surface area (Å²) in [6, 6.07) is 9.84. The van der Waals surface area contributed by atoms with E-state index in [-0.39, 0.29) is 48.5 Å². The lowest BCUT2D eigenvalue weighted by molar-refractivity contribution is -0.134. The number of aliphatic hydroxyl groups excluding tert-OH is 1. The number of nitrogens with zero attached hydrogens (tertiary/aromatic N) is 2. The molecule has 10 nitrogen and oxygen atoms in total. The van der Waals surface area contributed by atoms with Gasteiger partial charge in [0.05, 0.1) is 36.8 Å². The molecule has 0 saturated heterocycles. The van der Waals surface area contributed by atoms with Gasteiger partial charge in [-0.25, -0.2) is 21.1 Å². The van der Waals surface area contributed by atoms with Crippen molar-refractivity contribution in [1.29, 1.82) is 0 Å². The van der Waals surface area contributed by atoms with Crippen molar-refractivity contribution in [3.63, 3.8) is 0 Å². The van der Waals surface area contributed by atoms with Crippen LogP contribution in [0, 0.1) is 5.92 Å². The van der Waals surface area contributed by atoms with E-state index in [1.807, 2.05) is 6.92 Å². The second-order valence-electron chi connectivity index (χ2n) is 9.31. The number of nitrogens with one attached hydrogen (secondary N) is 1. The zero-order chi connectivity index (χ0) is 27.5. The molecule has 0 aliphatic carbocycles. The second-order valence-corrected chi connectivity index (χ2v) is 13.5. The van der Waals surface area contributed by atoms with Crippen LogP contribution < -0.4 is 9.46 Å². The van der Waals surface area contributed by atoms with Crippen LogP contribution in [-0.2, 0) is 31.3 Å². The third-order valence-corrected chi connectivity index (χ3v) is 9.23. The van der Waals surface area contributed by atoms with Crippen molar-refractivity contribution < 1.29 is 31.5 Å². The Labute approximate surface area is 223 Å². The van der Waals surface area contributed by atoms with E-state index in [2.05, 4.69) is 4.72 Å². The third kappa shape index (κ3) is 7.35. The number of carbonyl (C=O) groups excluding carboxylic acids is 1. The van der Waals surface area contributed by atoms with Gasteiger partial charge in [-0.3, -0.25) is 9.52 Å². The number of rotatable bonds is 8. The van der Waals surface area contributed by atoms with Gasteiger partial charge in [-0.15, -0.1) is 0 Å². The number of sulfonamides is 2. The fourth-order valence-electron chi connectivity index (χ4n) is 3.93. The van der Waals surface area contributed by atoms with Crippen LogP contribution in [-0.4, -0.2) is 82.2 Å². The molecule has 2 N–H and O–H groups in total. The zero-order valence-electron chi connectivity index (χ0n) is 21.1. The van der Waals surface area contributed by atoms with Crippen molar-refractivity contribution in [1.82, 2.24) is 9.21 Å². The van der Waals surface area contributed by atoms with Crippen molar-refractivity contribution in [2.75, 3.05) is 37.7 Å². The summed E-state index contributed by atoms with van der Waals surface area (Å²) in [5.41, 5.74) is 0.654. The average Bonchev–Trinajstić information content (AvgIpc) is 2.86. The van der Waals surface area contributed by atoms with Crippen LogP contribution in [0.2, 0.25) is 5.02 Å². The molecular weight excluding hydrogens is 542 g/mol. The van der Waals surface area contributed by atoms with E-state index in [1.165, 1.54) is 47.8 Å². The number of fused-ring (bicyclic) bond motifs is 1. The summed E-state index contributed by atoms with van der Waals surface area (Å²) < 4.78 is 59.8. The Morgan fingerprint density at radius 3 is 2.43 bits per heavy atom. The van der Waals surface area contributed by atoms with Gasteiger partial charge in [0.1, 0.15) is 11.9 Å². The third-order valence-electron chi connectivity index (χ3n) is 6.30. The van der Waals surface area contributed by atoms with Crippen LogP contribution in [0.4, 0.5) is 5.69 Å². The summed E-state index contributed by atoms with van der Waals surface area (Å²) in [4.78, 5) is 14.8. The Balaban J connectivity index is 1.99. The van der Waals surface area contributed by atoms with Crippen molar-refractivity contribution in [2.45, 2.75) is 37.3 Å². The van der Waals surface area contributed by atoms with Crippen LogP contribution in [0.3, 0.4) is 0 Å². The topological polar surface area (TPSA) is 133 Å².